The Morgan fingerprint density at radius 2 is 1.50 bits per heavy atom. The Morgan fingerprint density at radius 1 is 0.923 bits per heavy atom. The van der Waals surface area contributed by atoms with Gasteiger partial charge in [0.2, 0.25) is 12.3 Å². The van der Waals surface area contributed by atoms with Crippen LogP contribution in [0.25, 0.3) is 0 Å². The Kier molecular flexibility index (Phi) is 5.17. The van der Waals surface area contributed by atoms with Gasteiger partial charge in [0, 0.05) is 29.8 Å². The normalized spacial score (nSPS) is 10.5. The average molecular weight is 347 g/mol. The zero-order chi connectivity index (χ0) is 18.5. The van der Waals surface area contributed by atoms with Crippen molar-refractivity contribution < 1.29 is 14.3 Å². The van der Waals surface area contributed by atoms with Crippen molar-refractivity contribution in [3.8, 4) is 0 Å². The number of hydrogen-bond donors (Lipinski definition) is 0. The number of non-ortho nitro benzene ring substituents is 1. The number of ketones is 1. The van der Waals surface area contributed by atoms with Gasteiger partial charge >= 0.3 is 0 Å². The summed E-state index contributed by atoms with van der Waals surface area (Å²) in [5.74, 6) is 0.0677. The number of carbonyl (C=O) groups excluding carboxylic acids is 1. The smallest absolute Gasteiger partial charge is 0.269 e. The van der Waals surface area contributed by atoms with Gasteiger partial charge in [-0.2, -0.15) is 4.57 Å². The van der Waals surface area contributed by atoms with Crippen molar-refractivity contribution in [3.05, 3.63) is 105 Å². The topological polar surface area (TPSA) is 64.1 Å². The summed E-state index contributed by atoms with van der Waals surface area (Å²) in [6, 6.07) is 18.0. The van der Waals surface area contributed by atoms with Gasteiger partial charge in [-0.25, -0.2) is 0 Å². The van der Waals surface area contributed by atoms with Crippen molar-refractivity contribution in [3.63, 3.8) is 0 Å². The van der Waals surface area contributed by atoms with E-state index in [0.717, 1.165) is 16.7 Å². The van der Waals surface area contributed by atoms with Crippen LogP contribution in [0.3, 0.4) is 0 Å². The van der Waals surface area contributed by atoms with Crippen molar-refractivity contribution in [2.24, 2.45) is 0 Å². The standard InChI is InChI=1S/C21H19N2O3/c1-16-2-6-19(7-3-16)21(24)15-22-12-10-18(11-13-22)14-17-4-8-20(9-5-17)23(25)26/h2-13H,14-15H2,1H3/q+1. The number of hydrogen-bond acceptors (Lipinski definition) is 3. The molecule has 0 aliphatic carbocycles. The van der Waals surface area contributed by atoms with Crippen LogP contribution in [0.2, 0.25) is 0 Å². The zero-order valence-corrected chi connectivity index (χ0v) is 14.5. The lowest BCUT2D eigenvalue weighted by atomic mass is 10.1. The highest BCUT2D eigenvalue weighted by Gasteiger charge is 2.12. The SMILES string of the molecule is Cc1ccc(C(=O)C[n+]2ccc(Cc3ccc([N+](=O)[O-])cc3)cc2)cc1. The van der Waals surface area contributed by atoms with E-state index in [-0.39, 0.29) is 11.5 Å². The second-order valence-electron chi connectivity index (χ2n) is 6.27. The first-order valence-corrected chi connectivity index (χ1v) is 8.32. The van der Waals surface area contributed by atoms with Crippen LogP contribution in [0.5, 0.6) is 0 Å². The number of pyridine rings is 1. The summed E-state index contributed by atoms with van der Waals surface area (Å²) in [6.07, 6.45) is 4.45. The van der Waals surface area contributed by atoms with Crippen LogP contribution >= 0.6 is 0 Å². The van der Waals surface area contributed by atoms with Crippen molar-refractivity contribution in [1.29, 1.82) is 0 Å². The molecule has 3 rings (SSSR count). The highest BCUT2D eigenvalue weighted by Crippen LogP contribution is 2.14. The maximum atomic E-state index is 12.3. The van der Waals surface area contributed by atoms with E-state index >= 15 is 0 Å². The summed E-state index contributed by atoms with van der Waals surface area (Å²) in [5.41, 5.74) is 4.01. The summed E-state index contributed by atoms with van der Waals surface area (Å²) in [7, 11) is 0. The molecule has 0 atom stereocenters. The molecule has 0 amide bonds. The molecule has 0 saturated carbocycles. The summed E-state index contributed by atoms with van der Waals surface area (Å²) in [5, 5.41) is 10.7. The number of aryl methyl sites for hydroxylation is 1. The van der Waals surface area contributed by atoms with E-state index in [1.54, 1.807) is 12.1 Å². The first kappa shape index (κ1) is 17.5. The molecule has 5 heteroatoms. The zero-order valence-electron chi connectivity index (χ0n) is 14.5. The van der Waals surface area contributed by atoms with E-state index in [1.165, 1.54) is 12.1 Å². The third-order valence-electron chi connectivity index (χ3n) is 4.22. The lowest BCUT2D eigenvalue weighted by Gasteiger charge is -2.02. The molecule has 26 heavy (non-hydrogen) atoms. The molecule has 0 fully saturated rings. The molecule has 0 aliphatic rings. The fourth-order valence-electron chi connectivity index (χ4n) is 2.68. The van der Waals surface area contributed by atoms with Gasteiger partial charge in [0.1, 0.15) is 0 Å². The van der Waals surface area contributed by atoms with E-state index in [1.807, 2.05) is 60.3 Å². The van der Waals surface area contributed by atoms with Gasteiger partial charge in [0.25, 0.3) is 5.69 Å². The van der Waals surface area contributed by atoms with Gasteiger partial charge in [-0.1, -0.05) is 42.0 Å². The van der Waals surface area contributed by atoms with Gasteiger partial charge in [-0.3, -0.25) is 14.9 Å². The van der Waals surface area contributed by atoms with Gasteiger partial charge in [-0.05, 0) is 24.5 Å². The van der Waals surface area contributed by atoms with Crippen LogP contribution in [0.1, 0.15) is 27.0 Å². The van der Waals surface area contributed by atoms with Crippen molar-refractivity contribution >= 4 is 11.5 Å². The third kappa shape index (κ3) is 4.39. The molecule has 0 saturated heterocycles. The van der Waals surface area contributed by atoms with Crippen molar-refractivity contribution in [2.45, 2.75) is 19.9 Å². The van der Waals surface area contributed by atoms with Gasteiger partial charge in [0.15, 0.2) is 12.4 Å². The highest BCUT2D eigenvalue weighted by molar-refractivity contribution is 5.95. The Morgan fingerprint density at radius 3 is 2.08 bits per heavy atom. The number of carbonyl (C=O) groups is 1. The van der Waals surface area contributed by atoms with E-state index in [2.05, 4.69) is 0 Å². The molecule has 3 aromatic rings. The predicted molar refractivity (Wildman–Crippen MR) is 98.0 cm³/mol. The van der Waals surface area contributed by atoms with E-state index in [9.17, 15) is 14.9 Å². The number of aromatic nitrogens is 1. The highest BCUT2D eigenvalue weighted by atomic mass is 16.6. The molecule has 5 nitrogen and oxygen atoms in total. The second kappa shape index (κ2) is 7.70. The quantitative estimate of drug-likeness (QED) is 0.296. The molecule has 0 N–H and O–H groups in total. The fraction of sp³-hybridized carbons (Fsp3) is 0.143. The Bertz CT molecular complexity index is 915. The summed E-state index contributed by atoms with van der Waals surface area (Å²) in [6.45, 7) is 2.29. The fourth-order valence-corrected chi connectivity index (χ4v) is 2.68. The number of nitro benzene ring substituents is 1. The Labute approximate surface area is 151 Å². The number of rotatable bonds is 6. The number of nitro groups is 1. The van der Waals surface area contributed by atoms with Gasteiger partial charge in [0.05, 0.1) is 4.92 Å². The first-order valence-electron chi connectivity index (χ1n) is 8.32. The summed E-state index contributed by atoms with van der Waals surface area (Å²) in [4.78, 5) is 22.6. The molecular weight excluding hydrogens is 328 g/mol. The van der Waals surface area contributed by atoms with E-state index < -0.39 is 4.92 Å². The maximum Gasteiger partial charge on any atom is 0.269 e. The molecule has 2 aromatic carbocycles. The third-order valence-corrected chi connectivity index (χ3v) is 4.22. The minimum atomic E-state index is -0.403. The van der Waals surface area contributed by atoms with Crippen LogP contribution in [-0.2, 0) is 13.0 Å². The number of benzene rings is 2. The van der Waals surface area contributed by atoms with Crippen molar-refractivity contribution in [2.75, 3.05) is 0 Å². The molecule has 1 aromatic heterocycles. The van der Waals surface area contributed by atoms with Crippen LogP contribution < -0.4 is 4.57 Å². The Hall–Kier alpha value is -3.34. The average Bonchev–Trinajstić information content (AvgIpc) is 2.64. The first-order chi connectivity index (χ1) is 12.5. The molecule has 0 radical (unpaired) electrons. The molecule has 130 valence electrons. The summed E-state index contributed by atoms with van der Waals surface area (Å²) < 4.78 is 1.85. The largest absolute Gasteiger partial charge is 0.287 e. The summed E-state index contributed by atoms with van der Waals surface area (Å²) >= 11 is 0. The minimum Gasteiger partial charge on any atom is -0.287 e. The van der Waals surface area contributed by atoms with Crippen molar-refractivity contribution in [1.82, 2.24) is 0 Å². The van der Waals surface area contributed by atoms with Crippen LogP contribution in [-0.4, -0.2) is 10.7 Å². The van der Waals surface area contributed by atoms with Gasteiger partial charge < -0.3 is 0 Å². The Balaban J connectivity index is 1.63. The molecule has 1 heterocycles. The molecule has 0 bridgehead atoms. The van der Waals surface area contributed by atoms with Gasteiger partial charge in [-0.15, -0.1) is 0 Å². The second-order valence-corrected chi connectivity index (χ2v) is 6.27. The lowest BCUT2D eigenvalue weighted by molar-refractivity contribution is -0.683. The maximum absolute atomic E-state index is 12.3. The van der Waals surface area contributed by atoms with Crippen LogP contribution in [0.15, 0.2) is 73.1 Å². The number of nitrogens with zero attached hydrogens (tertiary/aromatic N) is 2. The minimum absolute atomic E-state index is 0.0677. The molecule has 0 unspecified atom stereocenters. The number of Topliss-reactive ketones (excluding diaryl/α,β-unsaturated/α-hetero) is 1. The molecular formula is C21H19N2O3+. The van der Waals surface area contributed by atoms with E-state index in [0.29, 0.717) is 18.5 Å². The predicted octanol–water partition coefficient (Wildman–Crippen LogP) is 3.66. The monoisotopic (exact) mass is 347 g/mol. The lowest BCUT2D eigenvalue weighted by Crippen LogP contribution is -2.37. The van der Waals surface area contributed by atoms with E-state index in [4.69, 9.17) is 0 Å². The molecule has 0 spiro atoms. The van der Waals surface area contributed by atoms with Crippen LogP contribution in [0.4, 0.5) is 5.69 Å². The molecule has 0 aliphatic heterocycles. The van der Waals surface area contributed by atoms with Crippen LogP contribution in [0, 0.1) is 17.0 Å².